The van der Waals surface area contributed by atoms with Crippen LogP contribution in [-0.4, -0.2) is 11.8 Å². The third-order valence-electron chi connectivity index (χ3n) is 4.82. The number of aliphatic carboxylic acids is 1. The van der Waals surface area contributed by atoms with E-state index in [0.717, 1.165) is 16.7 Å². The Morgan fingerprint density at radius 3 is 1.86 bits per heavy atom. The van der Waals surface area contributed by atoms with Gasteiger partial charge in [-0.1, -0.05) is 42.5 Å². The van der Waals surface area contributed by atoms with Gasteiger partial charge >= 0.3 is 66.9 Å². The molecule has 0 fully saturated rings. The van der Waals surface area contributed by atoms with Crippen LogP contribution in [0.15, 0.2) is 66.7 Å². The summed E-state index contributed by atoms with van der Waals surface area (Å²) in [4.78, 5) is 35.2. The number of hydrogen-bond donors (Lipinski definition) is 0. The Labute approximate surface area is 249 Å². The van der Waals surface area contributed by atoms with E-state index in [1.54, 1.807) is 48.5 Å². The maximum atomic E-state index is 12.4. The minimum Gasteiger partial charge on any atom is -0.736 e. The SMILES string of the molecule is Cc1cc(C)cc(OP(=O)([O-])Oc2ccc(CCC(=O)c3ccc(CC(=O)[O-])cc3)cc2)c1.[Na+].[Na+]. The number of phosphoric ester groups is 1. The number of Topliss-reactive ketones (excluding diaryl/α,β-unsaturated/α-hetero) is 1. The Kier molecular flexibility index (Phi) is 13.0. The molecule has 0 aliphatic carbocycles. The molecular formula is C25H23Na2O7P. The third-order valence-corrected chi connectivity index (χ3v) is 5.69. The summed E-state index contributed by atoms with van der Waals surface area (Å²) >= 11 is 0. The molecule has 0 aliphatic rings. The van der Waals surface area contributed by atoms with Crippen LogP contribution in [-0.2, 0) is 22.2 Å². The van der Waals surface area contributed by atoms with Gasteiger partial charge in [-0.25, -0.2) is 4.57 Å². The van der Waals surface area contributed by atoms with Crippen LogP contribution in [0.1, 0.15) is 39.0 Å². The minimum absolute atomic E-state index is 0. The van der Waals surface area contributed by atoms with Crippen molar-refractivity contribution in [2.75, 3.05) is 0 Å². The number of carboxylic acids is 1. The Balaban J connectivity index is 0.00000306. The fourth-order valence-corrected chi connectivity index (χ4v) is 4.14. The number of carbonyl (C=O) groups is 2. The fraction of sp³-hybridized carbons (Fsp3) is 0.200. The third kappa shape index (κ3) is 10.6. The van der Waals surface area contributed by atoms with Gasteiger partial charge in [0.15, 0.2) is 5.78 Å². The molecule has 35 heavy (non-hydrogen) atoms. The molecule has 3 rings (SSSR count). The van der Waals surface area contributed by atoms with Crippen molar-refractivity contribution in [2.24, 2.45) is 0 Å². The molecule has 10 heteroatoms. The van der Waals surface area contributed by atoms with E-state index in [2.05, 4.69) is 0 Å². The number of phosphoric acid groups is 1. The minimum atomic E-state index is -4.62. The van der Waals surface area contributed by atoms with Crippen LogP contribution >= 0.6 is 7.82 Å². The second kappa shape index (κ2) is 14.4. The van der Waals surface area contributed by atoms with E-state index >= 15 is 0 Å². The summed E-state index contributed by atoms with van der Waals surface area (Å²) in [6.45, 7) is 3.68. The van der Waals surface area contributed by atoms with E-state index in [0.29, 0.717) is 17.5 Å². The summed E-state index contributed by atoms with van der Waals surface area (Å²) in [5.74, 6) is -0.960. The van der Waals surface area contributed by atoms with Crippen molar-refractivity contribution >= 4 is 19.6 Å². The van der Waals surface area contributed by atoms with Gasteiger partial charge in [-0.2, -0.15) is 0 Å². The first-order chi connectivity index (χ1) is 15.6. The van der Waals surface area contributed by atoms with Crippen molar-refractivity contribution in [1.82, 2.24) is 0 Å². The quantitative estimate of drug-likeness (QED) is 0.166. The van der Waals surface area contributed by atoms with Gasteiger partial charge in [0, 0.05) is 24.4 Å². The van der Waals surface area contributed by atoms with Crippen LogP contribution in [0, 0.1) is 13.8 Å². The topological polar surface area (TPSA) is 116 Å². The number of ketones is 1. The molecule has 0 radical (unpaired) electrons. The second-order valence-electron chi connectivity index (χ2n) is 7.77. The predicted molar refractivity (Wildman–Crippen MR) is 119 cm³/mol. The Bertz CT molecular complexity index is 1180. The summed E-state index contributed by atoms with van der Waals surface area (Å²) in [6.07, 6.45) is 0.499. The summed E-state index contributed by atoms with van der Waals surface area (Å²) in [7, 11) is -4.62. The number of benzene rings is 3. The molecule has 0 saturated carbocycles. The van der Waals surface area contributed by atoms with Gasteiger partial charge in [0.05, 0.1) is 0 Å². The molecule has 0 amide bonds. The first-order valence-electron chi connectivity index (χ1n) is 10.3. The van der Waals surface area contributed by atoms with Gasteiger partial charge in [0.1, 0.15) is 11.5 Å². The van der Waals surface area contributed by atoms with E-state index in [1.165, 1.54) is 12.1 Å². The zero-order valence-corrected chi connectivity index (χ0v) is 25.2. The van der Waals surface area contributed by atoms with E-state index in [-0.39, 0.29) is 89.2 Å². The van der Waals surface area contributed by atoms with Crippen molar-refractivity contribution < 1.29 is 92.3 Å². The maximum absolute atomic E-state index is 12.4. The molecule has 1 atom stereocenters. The molecule has 3 aromatic carbocycles. The van der Waals surface area contributed by atoms with Crippen LogP contribution < -0.4 is 78.2 Å². The smallest absolute Gasteiger partial charge is 0.736 e. The second-order valence-corrected chi connectivity index (χ2v) is 9.03. The molecular weight excluding hydrogens is 489 g/mol. The molecule has 3 aromatic rings. The molecule has 0 aromatic heterocycles. The summed E-state index contributed by atoms with van der Waals surface area (Å²) in [5.41, 5.74) is 3.64. The van der Waals surface area contributed by atoms with Crippen molar-refractivity contribution in [3.8, 4) is 11.5 Å². The van der Waals surface area contributed by atoms with Crippen molar-refractivity contribution in [1.29, 1.82) is 0 Å². The van der Waals surface area contributed by atoms with Crippen molar-refractivity contribution in [3.05, 3.63) is 94.5 Å². The molecule has 1 unspecified atom stereocenters. The average Bonchev–Trinajstić information content (AvgIpc) is 2.71. The first-order valence-corrected chi connectivity index (χ1v) is 11.8. The summed E-state index contributed by atoms with van der Waals surface area (Å²) in [5, 5.41) is 10.6. The van der Waals surface area contributed by atoms with Crippen LogP contribution in [0.4, 0.5) is 0 Å². The molecule has 0 saturated heterocycles. The van der Waals surface area contributed by atoms with E-state index in [1.807, 2.05) is 19.9 Å². The van der Waals surface area contributed by atoms with Crippen LogP contribution in [0.2, 0.25) is 0 Å². The Morgan fingerprint density at radius 1 is 0.800 bits per heavy atom. The van der Waals surface area contributed by atoms with Crippen LogP contribution in [0.25, 0.3) is 0 Å². The maximum Gasteiger partial charge on any atom is 1.00 e. The van der Waals surface area contributed by atoms with Gasteiger partial charge in [-0.3, -0.25) is 4.79 Å². The van der Waals surface area contributed by atoms with Gasteiger partial charge in [0.25, 0.3) is 0 Å². The van der Waals surface area contributed by atoms with Gasteiger partial charge in [0.2, 0.25) is 0 Å². The Hall–Kier alpha value is -1.41. The molecule has 0 spiro atoms. The summed E-state index contributed by atoms with van der Waals surface area (Å²) < 4.78 is 22.3. The standard InChI is InChI=1S/C25H25O7P.2Na/c1-17-13-18(2)15-23(14-17)32-33(29,30)31-22-10-5-19(6-11-22)7-12-24(26)21-8-3-20(4-9-21)16-25(27)28;;/h3-6,8-11,13-15H,7,12,16H2,1-2H3,(H,27,28)(H,29,30);;/q;2*+1/p-2. The van der Waals surface area contributed by atoms with Gasteiger partial charge in [-0.05, 0) is 66.8 Å². The number of carbonyl (C=O) groups excluding carboxylic acids is 2. The Morgan fingerprint density at radius 2 is 1.31 bits per heavy atom. The molecule has 0 heterocycles. The number of carboxylic acid groups (broad SMARTS) is 1. The predicted octanol–water partition coefficient (Wildman–Crippen LogP) is -2.65. The monoisotopic (exact) mass is 512 g/mol. The van der Waals surface area contributed by atoms with Crippen LogP contribution in [0.3, 0.4) is 0 Å². The van der Waals surface area contributed by atoms with E-state index in [9.17, 15) is 24.2 Å². The van der Waals surface area contributed by atoms with E-state index in [4.69, 9.17) is 9.05 Å². The zero-order chi connectivity index (χ0) is 24.0. The molecule has 7 nitrogen and oxygen atoms in total. The normalized spacial score (nSPS) is 11.9. The van der Waals surface area contributed by atoms with E-state index < -0.39 is 13.8 Å². The molecule has 0 bridgehead atoms. The number of rotatable bonds is 10. The molecule has 0 N–H and O–H groups in total. The summed E-state index contributed by atoms with van der Waals surface area (Å²) in [6, 6.07) is 17.9. The largest absolute Gasteiger partial charge is 1.00 e. The van der Waals surface area contributed by atoms with Gasteiger partial charge < -0.3 is 23.8 Å². The fourth-order valence-electron chi connectivity index (χ4n) is 3.36. The molecule has 172 valence electrons. The van der Waals surface area contributed by atoms with Gasteiger partial charge in [-0.15, -0.1) is 0 Å². The first kappa shape index (κ1) is 31.6. The van der Waals surface area contributed by atoms with Crippen molar-refractivity contribution in [3.63, 3.8) is 0 Å². The zero-order valence-electron chi connectivity index (χ0n) is 20.3. The number of aryl methyl sites for hydroxylation is 3. The van der Waals surface area contributed by atoms with Crippen LogP contribution in [0.5, 0.6) is 11.5 Å². The average molecular weight is 512 g/mol. The van der Waals surface area contributed by atoms with Crippen molar-refractivity contribution in [2.45, 2.75) is 33.1 Å². The molecule has 0 aliphatic heterocycles. The number of hydrogen-bond acceptors (Lipinski definition) is 7.